The second-order valence-corrected chi connectivity index (χ2v) is 6.40. The van der Waals surface area contributed by atoms with Crippen LogP contribution in [0.15, 0.2) is 17.5 Å². The van der Waals surface area contributed by atoms with Gasteiger partial charge in [0.1, 0.15) is 0 Å². The van der Waals surface area contributed by atoms with Gasteiger partial charge in [-0.1, -0.05) is 13.0 Å². The van der Waals surface area contributed by atoms with E-state index in [1.54, 1.807) is 0 Å². The molecular formula is C16H27N2S. The van der Waals surface area contributed by atoms with Crippen molar-refractivity contribution in [2.75, 3.05) is 32.7 Å². The Morgan fingerprint density at radius 1 is 1.26 bits per heavy atom. The zero-order valence-electron chi connectivity index (χ0n) is 12.2. The molecule has 1 aromatic heterocycles. The van der Waals surface area contributed by atoms with Gasteiger partial charge in [0.15, 0.2) is 0 Å². The molecule has 1 fully saturated rings. The third kappa shape index (κ3) is 5.64. The second-order valence-electron chi connectivity index (χ2n) is 5.36. The SMILES string of the molecule is CCN(CCCCN1CC[CH]CC1)Cc1cccs1. The van der Waals surface area contributed by atoms with Crippen molar-refractivity contribution in [1.29, 1.82) is 0 Å². The maximum atomic E-state index is 2.62. The first-order valence-corrected chi connectivity index (χ1v) is 8.55. The highest BCUT2D eigenvalue weighted by atomic mass is 32.1. The second kappa shape index (κ2) is 8.72. The van der Waals surface area contributed by atoms with Crippen molar-refractivity contribution in [3.8, 4) is 0 Å². The maximum Gasteiger partial charge on any atom is 0.0327 e. The van der Waals surface area contributed by atoms with Crippen molar-refractivity contribution in [2.45, 2.75) is 39.2 Å². The van der Waals surface area contributed by atoms with Crippen LogP contribution in [0.3, 0.4) is 0 Å². The van der Waals surface area contributed by atoms with Gasteiger partial charge in [-0.3, -0.25) is 4.90 Å². The summed E-state index contributed by atoms with van der Waals surface area (Å²) in [5.74, 6) is 0. The molecule has 2 nitrogen and oxygen atoms in total. The van der Waals surface area contributed by atoms with E-state index >= 15 is 0 Å². The lowest BCUT2D eigenvalue weighted by molar-refractivity contribution is 0.232. The Morgan fingerprint density at radius 3 is 2.79 bits per heavy atom. The Labute approximate surface area is 122 Å². The molecule has 1 aliphatic heterocycles. The van der Waals surface area contributed by atoms with Crippen molar-refractivity contribution in [2.24, 2.45) is 0 Å². The van der Waals surface area contributed by atoms with E-state index in [-0.39, 0.29) is 0 Å². The molecule has 0 unspecified atom stereocenters. The minimum Gasteiger partial charge on any atom is -0.303 e. The Morgan fingerprint density at radius 2 is 2.11 bits per heavy atom. The Hall–Kier alpha value is -0.380. The average molecular weight is 279 g/mol. The van der Waals surface area contributed by atoms with Crippen LogP contribution in [0, 0.1) is 6.42 Å². The number of hydrogen-bond acceptors (Lipinski definition) is 3. The summed E-state index contributed by atoms with van der Waals surface area (Å²) in [7, 11) is 0. The van der Waals surface area contributed by atoms with E-state index in [9.17, 15) is 0 Å². The highest BCUT2D eigenvalue weighted by Crippen LogP contribution is 2.13. The van der Waals surface area contributed by atoms with Gasteiger partial charge in [-0.15, -0.1) is 11.3 Å². The molecule has 1 radical (unpaired) electrons. The van der Waals surface area contributed by atoms with Crippen LogP contribution in [0.2, 0.25) is 0 Å². The lowest BCUT2D eigenvalue weighted by Gasteiger charge is -2.26. The van der Waals surface area contributed by atoms with Crippen LogP contribution in [0.1, 0.15) is 37.5 Å². The summed E-state index contributed by atoms with van der Waals surface area (Å²) in [5, 5.41) is 2.18. The highest BCUT2D eigenvalue weighted by molar-refractivity contribution is 7.09. The molecule has 2 heterocycles. The molecule has 19 heavy (non-hydrogen) atoms. The number of piperidine rings is 1. The van der Waals surface area contributed by atoms with Crippen LogP contribution in [0.5, 0.6) is 0 Å². The van der Waals surface area contributed by atoms with Crippen LogP contribution in [-0.4, -0.2) is 42.5 Å². The van der Waals surface area contributed by atoms with E-state index in [0.717, 1.165) is 13.1 Å². The topological polar surface area (TPSA) is 6.48 Å². The van der Waals surface area contributed by atoms with Crippen LogP contribution in [0.25, 0.3) is 0 Å². The summed E-state index contributed by atoms with van der Waals surface area (Å²) in [5.41, 5.74) is 0. The fraction of sp³-hybridized carbons (Fsp3) is 0.688. The van der Waals surface area contributed by atoms with Gasteiger partial charge in [0.25, 0.3) is 0 Å². The standard InChI is InChI=1S/C16H27N2S/c1-2-17(15-16-9-8-14-19-16)10-6-7-13-18-11-4-3-5-12-18/h3,8-9,14H,2,4-7,10-13,15H2,1H3. The minimum atomic E-state index is 1.13. The van der Waals surface area contributed by atoms with Crippen molar-refractivity contribution in [3.05, 3.63) is 28.8 Å². The Kier molecular flexibility index (Phi) is 6.90. The summed E-state index contributed by atoms with van der Waals surface area (Å²) in [6, 6.07) is 4.40. The summed E-state index contributed by atoms with van der Waals surface area (Å²) >= 11 is 1.88. The predicted octanol–water partition coefficient (Wildman–Crippen LogP) is 3.65. The van der Waals surface area contributed by atoms with E-state index in [2.05, 4.69) is 40.7 Å². The third-order valence-corrected chi connectivity index (χ3v) is 4.77. The molecular weight excluding hydrogens is 252 g/mol. The van der Waals surface area contributed by atoms with Crippen LogP contribution >= 0.6 is 11.3 Å². The van der Waals surface area contributed by atoms with Crippen molar-refractivity contribution < 1.29 is 0 Å². The zero-order valence-corrected chi connectivity index (χ0v) is 13.0. The van der Waals surface area contributed by atoms with Crippen LogP contribution < -0.4 is 0 Å². The van der Waals surface area contributed by atoms with Gasteiger partial charge in [-0.25, -0.2) is 0 Å². The lowest BCUT2D eigenvalue weighted by Crippen LogP contribution is -2.31. The van der Waals surface area contributed by atoms with Crippen molar-refractivity contribution >= 4 is 11.3 Å². The van der Waals surface area contributed by atoms with Gasteiger partial charge in [0.2, 0.25) is 0 Å². The summed E-state index contributed by atoms with van der Waals surface area (Å²) in [6.07, 6.45) is 7.69. The summed E-state index contributed by atoms with van der Waals surface area (Å²) < 4.78 is 0. The minimum absolute atomic E-state index is 1.13. The molecule has 0 N–H and O–H groups in total. The van der Waals surface area contributed by atoms with Gasteiger partial charge in [-0.2, -0.15) is 0 Å². The van der Waals surface area contributed by atoms with Gasteiger partial charge >= 0.3 is 0 Å². The maximum absolute atomic E-state index is 2.62. The fourth-order valence-electron chi connectivity index (χ4n) is 2.67. The Bertz CT molecular complexity index is 317. The smallest absolute Gasteiger partial charge is 0.0327 e. The van der Waals surface area contributed by atoms with Crippen LogP contribution in [-0.2, 0) is 6.54 Å². The molecule has 1 saturated heterocycles. The average Bonchev–Trinajstić information content (AvgIpc) is 2.96. The largest absolute Gasteiger partial charge is 0.303 e. The van der Waals surface area contributed by atoms with Gasteiger partial charge in [-0.05, 0) is 76.3 Å². The molecule has 3 heteroatoms. The normalized spacial score (nSPS) is 17.2. The molecule has 0 saturated carbocycles. The van der Waals surface area contributed by atoms with Gasteiger partial charge in [0, 0.05) is 11.4 Å². The first-order chi connectivity index (χ1) is 9.38. The third-order valence-electron chi connectivity index (χ3n) is 3.90. The molecule has 0 atom stereocenters. The van der Waals surface area contributed by atoms with Gasteiger partial charge in [0.05, 0.1) is 0 Å². The first-order valence-electron chi connectivity index (χ1n) is 7.67. The summed E-state index contributed by atoms with van der Waals surface area (Å²) in [6.45, 7) is 9.68. The number of hydrogen-bond donors (Lipinski definition) is 0. The summed E-state index contributed by atoms with van der Waals surface area (Å²) in [4.78, 5) is 6.68. The van der Waals surface area contributed by atoms with Gasteiger partial charge < -0.3 is 4.90 Å². The number of nitrogens with zero attached hydrogens (tertiary/aromatic N) is 2. The van der Waals surface area contributed by atoms with Crippen molar-refractivity contribution in [3.63, 3.8) is 0 Å². The Balaban J connectivity index is 1.57. The van der Waals surface area contributed by atoms with E-state index in [1.807, 2.05) is 11.3 Å². The fourth-order valence-corrected chi connectivity index (χ4v) is 3.42. The molecule has 0 spiro atoms. The molecule has 1 aromatic rings. The molecule has 107 valence electrons. The molecule has 1 aliphatic rings. The number of rotatable bonds is 8. The molecule has 0 aliphatic carbocycles. The number of thiophene rings is 1. The van der Waals surface area contributed by atoms with E-state index in [1.165, 1.54) is 56.7 Å². The van der Waals surface area contributed by atoms with E-state index in [4.69, 9.17) is 0 Å². The highest BCUT2D eigenvalue weighted by Gasteiger charge is 2.10. The van der Waals surface area contributed by atoms with E-state index < -0.39 is 0 Å². The molecule has 2 rings (SSSR count). The lowest BCUT2D eigenvalue weighted by atomic mass is 10.1. The number of unbranched alkanes of at least 4 members (excludes halogenated alkanes) is 1. The molecule has 0 amide bonds. The number of likely N-dealkylation sites (tertiary alicyclic amines) is 1. The predicted molar refractivity (Wildman–Crippen MR) is 84.5 cm³/mol. The van der Waals surface area contributed by atoms with Crippen molar-refractivity contribution in [1.82, 2.24) is 9.80 Å². The molecule has 0 aromatic carbocycles. The van der Waals surface area contributed by atoms with E-state index in [0.29, 0.717) is 0 Å². The quantitative estimate of drug-likeness (QED) is 0.670. The molecule has 0 bridgehead atoms. The first kappa shape index (κ1) is 15.0. The van der Waals surface area contributed by atoms with Crippen LogP contribution in [0.4, 0.5) is 0 Å². The monoisotopic (exact) mass is 279 g/mol. The zero-order chi connectivity index (χ0) is 13.3.